The number of hydrogen-bond donors (Lipinski definition) is 1. The fraction of sp³-hybridized carbons (Fsp3) is 0.400. The molecule has 10 nitrogen and oxygen atoms in total. The molecule has 1 fully saturated rings. The lowest BCUT2D eigenvalue weighted by atomic mass is 9.86. The standard InChI is InChI=1S/C40H37F6N5O5S/c1-39(2,53)11-10-24-6-7-26(27-8-9-31(56-4)33-30(19-57(5,54)55)48-50(3)36(27)33)34(47-24)21(12-20-13-22(41)16-23(42)14-20)15-25(52)18-51-37-32(35(49-51)38(43)44)28-17-29(28)40(37,45)46/h6-9,13-14,16,21,28-29,38,53H,12,15,17-19H2,1-5H3/t21-,28+,29-/m1/s1. The number of benzene rings is 2. The Balaban J connectivity index is 1.40. The molecule has 300 valence electrons. The van der Waals surface area contributed by atoms with Crippen LogP contribution in [0, 0.1) is 29.4 Å². The van der Waals surface area contributed by atoms with Crippen LogP contribution in [0.1, 0.15) is 84.5 Å². The van der Waals surface area contributed by atoms with Gasteiger partial charge in [-0.2, -0.15) is 19.0 Å². The lowest BCUT2D eigenvalue weighted by Crippen LogP contribution is -2.24. The maximum atomic E-state index is 15.4. The van der Waals surface area contributed by atoms with Crippen molar-refractivity contribution in [2.75, 3.05) is 13.4 Å². The molecule has 1 saturated carbocycles. The van der Waals surface area contributed by atoms with Gasteiger partial charge in [-0.15, -0.1) is 0 Å². The molecule has 7 rings (SSSR count). The van der Waals surface area contributed by atoms with Crippen LogP contribution in [0.5, 0.6) is 5.75 Å². The third-order valence-electron chi connectivity index (χ3n) is 10.1. The van der Waals surface area contributed by atoms with Crippen molar-refractivity contribution in [3.8, 4) is 28.7 Å². The Kier molecular flexibility index (Phi) is 10.0. The van der Waals surface area contributed by atoms with E-state index in [1.807, 2.05) is 0 Å². The van der Waals surface area contributed by atoms with Crippen LogP contribution in [0.25, 0.3) is 22.0 Å². The highest BCUT2D eigenvalue weighted by Crippen LogP contribution is 2.68. The summed E-state index contributed by atoms with van der Waals surface area (Å²) in [5.74, 6) is -3.58. The number of carbonyl (C=O) groups excluding carboxylic acids is 1. The number of sulfone groups is 1. The van der Waals surface area contributed by atoms with Gasteiger partial charge in [-0.3, -0.25) is 14.2 Å². The minimum atomic E-state index is -3.57. The molecule has 1 N–H and O–H groups in total. The fourth-order valence-electron chi connectivity index (χ4n) is 7.87. The van der Waals surface area contributed by atoms with E-state index >= 15 is 8.78 Å². The number of hydrogen-bond acceptors (Lipinski definition) is 8. The first-order valence-electron chi connectivity index (χ1n) is 17.9. The summed E-state index contributed by atoms with van der Waals surface area (Å²) < 4.78 is 121. The van der Waals surface area contributed by atoms with Gasteiger partial charge in [0.2, 0.25) is 0 Å². The molecule has 0 spiro atoms. The molecule has 17 heteroatoms. The van der Waals surface area contributed by atoms with Gasteiger partial charge in [0.25, 0.3) is 12.3 Å². The van der Waals surface area contributed by atoms with Gasteiger partial charge >= 0.3 is 0 Å². The Hall–Kier alpha value is -5.21. The number of nitrogens with zero attached hydrogens (tertiary/aromatic N) is 5. The van der Waals surface area contributed by atoms with E-state index in [9.17, 15) is 35.9 Å². The van der Waals surface area contributed by atoms with Crippen molar-refractivity contribution >= 4 is 26.5 Å². The Bertz CT molecular complexity index is 2600. The molecule has 57 heavy (non-hydrogen) atoms. The lowest BCUT2D eigenvalue weighted by Gasteiger charge is -2.22. The summed E-state index contributed by atoms with van der Waals surface area (Å²) >= 11 is 0. The Labute approximate surface area is 323 Å². The summed E-state index contributed by atoms with van der Waals surface area (Å²) in [6.07, 6.45) is -2.75. The second-order valence-electron chi connectivity index (χ2n) is 15.2. The van der Waals surface area contributed by atoms with Gasteiger partial charge in [0.05, 0.1) is 35.2 Å². The predicted molar refractivity (Wildman–Crippen MR) is 197 cm³/mol. The first kappa shape index (κ1) is 40.0. The van der Waals surface area contributed by atoms with Gasteiger partial charge in [-0.25, -0.2) is 31.0 Å². The highest BCUT2D eigenvalue weighted by Gasteiger charge is 2.67. The van der Waals surface area contributed by atoms with E-state index in [0.29, 0.717) is 38.5 Å². The molecule has 2 aliphatic rings. The van der Waals surface area contributed by atoms with E-state index in [-0.39, 0.29) is 41.1 Å². The zero-order valence-corrected chi connectivity index (χ0v) is 32.2. The summed E-state index contributed by atoms with van der Waals surface area (Å²) in [4.78, 5) is 18.9. The van der Waals surface area contributed by atoms with Crippen LogP contribution in [0.2, 0.25) is 0 Å². The minimum absolute atomic E-state index is 0.0395. The molecule has 2 aromatic carbocycles. The Morgan fingerprint density at radius 3 is 2.39 bits per heavy atom. The number of aryl methyl sites for hydroxylation is 1. The molecule has 0 saturated heterocycles. The SMILES string of the molecule is COc1ccc(-c2ccc(C#CC(C)(C)O)nc2[C@@H](CC(=O)Cn2nc(C(F)F)c3c2C(F)(F)[C@@H]2C[C@H]32)Cc2cc(F)cc(F)c2)c2c1c(CS(C)(=O)=O)nn2C. The van der Waals surface area contributed by atoms with E-state index in [0.717, 1.165) is 18.4 Å². The van der Waals surface area contributed by atoms with Crippen LogP contribution in [-0.2, 0) is 46.3 Å². The number of fused-ring (bicyclic) bond motifs is 4. The largest absolute Gasteiger partial charge is 0.496 e. The molecular weight excluding hydrogens is 777 g/mol. The molecule has 3 aromatic heterocycles. The van der Waals surface area contributed by atoms with Crippen LogP contribution < -0.4 is 4.74 Å². The first-order chi connectivity index (χ1) is 26.6. The third kappa shape index (κ3) is 7.89. The monoisotopic (exact) mass is 813 g/mol. The predicted octanol–water partition coefficient (Wildman–Crippen LogP) is 6.92. The fourth-order valence-corrected chi connectivity index (χ4v) is 8.57. The van der Waals surface area contributed by atoms with Gasteiger partial charge in [-0.05, 0) is 80.5 Å². The molecule has 0 bridgehead atoms. The van der Waals surface area contributed by atoms with E-state index in [2.05, 4.69) is 22.0 Å². The molecule has 0 unspecified atom stereocenters. The topological polar surface area (TPSA) is 129 Å². The number of alkyl halides is 4. The average Bonchev–Trinajstić information content (AvgIpc) is 3.65. The molecule has 2 aliphatic carbocycles. The van der Waals surface area contributed by atoms with E-state index in [1.165, 1.54) is 25.6 Å². The van der Waals surface area contributed by atoms with Crippen LogP contribution in [0.15, 0.2) is 42.5 Å². The van der Waals surface area contributed by atoms with Crippen molar-refractivity contribution in [1.82, 2.24) is 24.5 Å². The number of carbonyl (C=O) groups is 1. The van der Waals surface area contributed by atoms with Crippen LogP contribution in [-0.4, -0.2) is 62.8 Å². The maximum absolute atomic E-state index is 15.4. The van der Waals surface area contributed by atoms with Gasteiger partial charge in [0.1, 0.15) is 46.6 Å². The van der Waals surface area contributed by atoms with Gasteiger partial charge in [-0.1, -0.05) is 5.92 Å². The van der Waals surface area contributed by atoms with Gasteiger partial charge in [0, 0.05) is 54.3 Å². The molecule has 3 atom stereocenters. The Morgan fingerprint density at radius 2 is 1.75 bits per heavy atom. The number of ether oxygens (including phenoxy) is 1. The summed E-state index contributed by atoms with van der Waals surface area (Å²) in [7, 11) is -0.567. The van der Waals surface area contributed by atoms with Crippen molar-refractivity contribution in [3.05, 3.63) is 93.7 Å². The smallest absolute Gasteiger partial charge is 0.293 e. The zero-order chi connectivity index (χ0) is 41.4. The van der Waals surface area contributed by atoms with Crippen molar-refractivity contribution in [3.63, 3.8) is 0 Å². The summed E-state index contributed by atoms with van der Waals surface area (Å²) in [5, 5.41) is 19.0. The van der Waals surface area contributed by atoms with Crippen LogP contribution >= 0.6 is 0 Å². The normalized spacial score (nSPS) is 17.6. The number of aliphatic hydroxyl groups is 1. The first-order valence-corrected chi connectivity index (χ1v) is 19.9. The number of ketones is 1. The number of methoxy groups -OCH3 is 1. The third-order valence-corrected chi connectivity index (χ3v) is 10.9. The molecule has 0 aliphatic heterocycles. The minimum Gasteiger partial charge on any atom is -0.496 e. The van der Waals surface area contributed by atoms with Gasteiger partial charge < -0.3 is 9.84 Å². The second-order valence-corrected chi connectivity index (χ2v) is 17.4. The molecule has 3 heterocycles. The quantitative estimate of drug-likeness (QED) is 0.106. The summed E-state index contributed by atoms with van der Waals surface area (Å²) in [6, 6.07) is 9.27. The lowest BCUT2D eigenvalue weighted by molar-refractivity contribution is -0.120. The van der Waals surface area contributed by atoms with Crippen molar-refractivity contribution < 1.29 is 49.4 Å². The van der Waals surface area contributed by atoms with E-state index in [4.69, 9.17) is 9.72 Å². The Morgan fingerprint density at radius 1 is 1.07 bits per heavy atom. The van der Waals surface area contributed by atoms with E-state index in [1.54, 1.807) is 31.3 Å². The molecule has 0 radical (unpaired) electrons. The number of aromatic nitrogens is 5. The zero-order valence-electron chi connectivity index (χ0n) is 31.4. The number of pyridine rings is 1. The van der Waals surface area contributed by atoms with Crippen LogP contribution in [0.4, 0.5) is 26.3 Å². The second kappa shape index (κ2) is 14.3. The van der Waals surface area contributed by atoms with Gasteiger partial charge in [0.15, 0.2) is 15.6 Å². The highest BCUT2D eigenvalue weighted by molar-refractivity contribution is 7.89. The molecule has 0 amide bonds. The molecular formula is C40H37F6N5O5S. The van der Waals surface area contributed by atoms with E-state index < -0.39 is 93.1 Å². The number of halogens is 6. The van der Waals surface area contributed by atoms with Crippen molar-refractivity contribution in [2.24, 2.45) is 13.0 Å². The number of rotatable bonds is 12. The molecule has 5 aromatic rings. The highest BCUT2D eigenvalue weighted by atomic mass is 32.2. The maximum Gasteiger partial charge on any atom is 0.293 e. The van der Waals surface area contributed by atoms with Crippen LogP contribution in [0.3, 0.4) is 0 Å². The number of Topliss-reactive ketones (excluding diaryl/α,β-unsaturated/α-hetero) is 1. The van der Waals surface area contributed by atoms with Crippen molar-refractivity contribution in [1.29, 1.82) is 0 Å². The average molecular weight is 814 g/mol. The summed E-state index contributed by atoms with van der Waals surface area (Å²) in [6.45, 7) is 2.12. The summed E-state index contributed by atoms with van der Waals surface area (Å²) in [5.41, 5.74) is -1.31. The van der Waals surface area contributed by atoms with Crippen molar-refractivity contribution in [2.45, 2.75) is 75.2 Å².